The highest BCUT2D eigenvalue weighted by molar-refractivity contribution is 7.89. The van der Waals surface area contributed by atoms with Gasteiger partial charge in [0.2, 0.25) is 15.9 Å². The molecule has 1 N–H and O–H groups in total. The highest BCUT2D eigenvalue weighted by atomic mass is 32.2. The largest absolute Gasteiger partial charge is 0.495 e. The van der Waals surface area contributed by atoms with Crippen molar-refractivity contribution in [2.24, 2.45) is 29.6 Å². The van der Waals surface area contributed by atoms with E-state index in [4.69, 9.17) is 4.74 Å². The number of hydrogen-bond donors (Lipinski definition) is 1. The fourth-order valence-electron chi connectivity index (χ4n) is 5.73. The van der Waals surface area contributed by atoms with Gasteiger partial charge in [-0.1, -0.05) is 0 Å². The summed E-state index contributed by atoms with van der Waals surface area (Å²) >= 11 is 0. The van der Waals surface area contributed by atoms with Gasteiger partial charge in [0.15, 0.2) is 0 Å². The summed E-state index contributed by atoms with van der Waals surface area (Å²) in [5.41, 5.74) is 0.430. The second-order valence-corrected chi connectivity index (χ2v) is 10.7. The van der Waals surface area contributed by atoms with E-state index in [0.717, 1.165) is 41.8 Å². The number of rotatable bonds is 5. The van der Waals surface area contributed by atoms with Gasteiger partial charge >= 0.3 is 0 Å². The summed E-state index contributed by atoms with van der Waals surface area (Å²) < 4.78 is 31.4. The SMILES string of the molecule is COc1ccc(S(=O)(=O)N(C)C)cc1NC(=O)C1C2CC3CC(C2)CC1C3. The molecule has 148 valence electrons. The fraction of sp³-hybridized carbons (Fsp3) is 0.650. The third-order valence-corrected chi connectivity index (χ3v) is 8.55. The Kier molecular flexibility index (Phi) is 4.71. The molecule has 0 atom stereocenters. The zero-order chi connectivity index (χ0) is 19.3. The van der Waals surface area contributed by atoms with Crippen LogP contribution in [0.15, 0.2) is 23.1 Å². The van der Waals surface area contributed by atoms with Gasteiger partial charge < -0.3 is 10.1 Å². The lowest BCUT2D eigenvalue weighted by Gasteiger charge is -2.53. The molecule has 0 unspecified atom stereocenters. The molecule has 7 heteroatoms. The molecule has 0 aliphatic heterocycles. The molecule has 1 aromatic carbocycles. The second-order valence-electron chi connectivity index (χ2n) is 8.60. The van der Waals surface area contributed by atoms with Crippen molar-refractivity contribution < 1.29 is 17.9 Å². The van der Waals surface area contributed by atoms with Crippen LogP contribution in [0, 0.1) is 29.6 Å². The van der Waals surface area contributed by atoms with Crippen LogP contribution in [-0.2, 0) is 14.8 Å². The Morgan fingerprint density at radius 3 is 2.19 bits per heavy atom. The number of anilines is 1. The van der Waals surface area contributed by atoms with Gasteiger partial charge in [-0.25, -0.2) is 12.7 Å². The molecule has 1 aromatic rings. The number of amides is 1. The molecule has 0 radical (unpaired) electrons. The van der Waals surface area contributed by atoms with Gasteiger partial charge in [-0.2, -0.15) is 0 Å². The summed E-state index contributed by atoms with van der Waals surface area (Å²) in [6.07, 6.45) is 6.00. The van der Waals surface area contributed by atoms with Gasteiger partial charge in [0, 0.05) is 20.0 Å². The van der Waals surface area contributed by atoms with Crippen molar-refractivity contribution in [1.29, 1.82) is 0 Å². The van der Waals surface area contributed by atoms with Crippen LogP contribution in [0.1, 0.15) is 32.1 Å². The number of carbonyl (C=O) groups is 1. The lowest BCUT2D eigenvalue weighted by Crippen LogP contribution is -2.49. The average Bonchev–Trinajstić information content (AvgIpc) is 2.60. The molecule has 27 heavy (non-hydrogen) atoms. The van der Waals surface area contributed by atoms with E-state index in [1.54, 1.807) is 6.07 Å². The van der Waals surface area contributed by atoms with Gasteiger partial charge in [0.05, 0.1) is 17.7 Å². The maximum Gasteiger partial charge on any atom is 0.242 e. The molecule has 4 aliphatic carbocycles. The van der Waals surface area contributed by atoms with E-state index in [1.807, 2.05) is 0 Å². The Hall–Kier alpha value is -1.60. The Morgan fingerprint density at radius 1 is 1.07 bits per heavy atom. The molecule has 4 aliphatic rings. The molecule has 4 saturated carbocycles. The molecule has 4 fully saturated rings. The van der Waals surface area contributed by atoms with Crippen molar-refractivity contribution in [2.75, 3.05) is 26.5 Å². The number of hydrogen-bond acceptors (Lipinski definition) is 4. The molecule has 0 spiro atoms. The quantitative estimate of drug-likeness (QED) is 0.836. The predicted octanol–water partition coefficient (Wildman–Crippen LogP) is 2.96. The van der Waals surface area contributed by atoms with Gasteiger partial charge in [0.25, 0.3) is 0 Å². The first-order valence-corrected chi connectivity index (χ1v) is 11.1. The van der Waals surface area contributed by atoms with Crippen molar-refractivity contribution in [1.82, 2.24) is 4.31 Å². The molecule has 6 nitrogen and oxygen atoms in total. The van der Waals surface area contributed by atoms with E-state index in [9.17, 15) is 13.2 Å². The van der Waals surface area contributed by atoms with Crippen molar-refractivity contribution in [3.05, 3.63) is 18.2 Å². The van der Waals surface area contributed by atoms with Crippen LogP contribution in [0.2, 0.25) is 0 Å². The summed E-state index contributed by atoms with van der Waals surface area (Å²) in [6, 6.07) is 4.61. The van der Waals surface area contributed by atoms with E-state index < -0.39 is 10.0 Å². The number of nitrogens with one attached hydrogen (secondary N) is 1. The third kappa shape index (κ3) is 3.25. The van der Waals surface area contributed by atoms with Gasteiger partial charge in [-0.05, 0) is 74.0 Å². The number of nitrogens with zero attached hydrogens (tertiary/aromatic N) is 1. The Bertz CT molecular complexity index is 822. The first-order valence-electron chi connectivity index (χ1n) is 9.71. The number of carbonyl (C=O) groups excluding carboxylic acids is 1. The topological polar surface area (TPSA) is 75.7 Å². The van der Waals surface area contributed by atoms with Crippen molar-refractivity contribution in [3.8, 4) is 5.75 Å². The number of sulfonamides is 1. The Labute approximate surface area is 161 Å². The molecule has 0 aromatic heterocycles. The maximum atomic E-state index is 13.1. The van der Waals surface area contributed by atoms with E-state index in [1.165, 1.54) is 39.8 Å². The minimum atomic E-state index is -3.58. The standard InChI is InChI=1S/C20H28N2O4S/c1-22(2)27(24,25)16-4-5-18(26-3)17(11-16)21-20(23)19-14-7-12-6-13(9-14)10-15(19)8-12/h4-5,11-15,19H,6-10H2,1-3H3,(H,21,23). The lowest BCUT2D eigenvalue weighted by atomic mass is 9.51. The smallest absolute Gasteiger partial charge is 0.242 e. The second kappa shape index (κ2) is 6.78. The van der Waals surface area contributed by atoms with Crippen molar-refractivity contribution in [3.63, 3.8) is 0 Å². The van der Waals surface area contributed by atoms with Gasteiger partial charge in [-0.15, -0.1) is 0 Å². The summed E-state index contributed by atoms with van der Waals surface area (Å²) in [5.74, 6) is 3.09. The van der Waals surface area contributed by atoms with Crippen molar-refractivity contribution in [2.45, 2.75) is 37.0 Å². The van der Waals surface area contributed by atoms with E-state index >= 15 is 0 Å². The lowest BCUT2D eigenvalue weighted by molar-refractivity contribution is -0.132. The van der Waals surface area contributed by atoms with Crippen LogP contribution < -0.4 is 10.1 Å². The minimum absolute atomic E-state index is 0.0153. The summed E-state index contributed by atoms with van der Waals surface area (Å²) in [5, 5.41) is 2.99. The van der Waals surface area contributed by atoms with Crippen molar-refractivity contribution >= 4 is 21.6 Å². The first kappa shape index (κ1) is 18.7. The summed E-state index contributed by atoms with van der Waals surface area (Å²) in [6.45, 7) is 0. The summed E-state index contributed by atoms with van der Waals surface area (Å²) in [7, 11) is 0.932. The van der Waals surface area contributed by atoms with Gasteiger partial charge in [0.1, 0.15) is 5.75 Å². The molecular weight excluding hydrogens is 364 g/mol. The monoisotopic (exact) mass is 392 g/mol. The van der Waals surface area contributed by atoms with Crippen LogP contribution in [0.4, 0.5) is 5.69 Å². The fourth-order valence-corrected chi connectivity index (χ4v) is 6.65. The molecule has 0 heterocycles. The highest BCUT2D eigenvalue weighted by Gasteiger charge is 2.50. The number of methoxy groups -OCH3 is 1. The summed E-state index contributed by atoms with van der Waals surface area (Å²) in [4.78, 5) is 13.3. The van der Waals surface area contributed by atoms with Crippen LogP contribution >= 0.6 is 0 Å². The zero-order valence-corrected chi connectivity index (χ0v) is 17.0. The third-order valence-electron chi connectivity index (χ3n) is 6.74. The molecular formula is C20H28N2O4S. The molecule has 5 rings (SSSR count). The maximum absolute atomic E-state index is 13.1. The molecule has 4 bridgehead atoms. The minimum Gasteiger partial charge on any atom is -0.495 e. The van der Waals surface area contributed by atoms with Crippen LogP contribution in [0.3, 0.4) is 0 Å². The van der Waals surface area contributed by atoms with Crippen LogP contribution in [0.25, 0.3) is 0 Å². The highest BCUT2D eigenvalue weighted by Crippen LogP contribution is 2.56. The van der Waals surface area contributed by atoms with Crippen LogP contribution in [0.5, 0.6) is 5.75 Å². The first-order chi connectivity index (χ1) is 12.8. The van der Waals surface area contributed by atoms with Gasteiger partial charge in [-0.3, -0.25) is 4.79 Å². The van der Waals surface area contributed by atoms with E-state index in [-0.39, 0.29) is 16.7 Å². The van der Waals surface area contributed by atoms with E-state index in [0.29, 0.717) is 23.3 Å². The Balaban J connectivity index is 1.59. The Morgan fingerprint density at radius 2 is 1.67 bits per heavy atom. The molecule has 1 amide bonds. The molecule has 0 saturated heterocycles. The van der Waals surface area contributed by atoms with Crippen LogP contribution in [-0.4, -0.2) is 39.8 Å². The average molecular weight is 393 g/mol. The zero-order valence-electron chi connectivity index (χ0n) is 16.1. The number of benzene rings is 1. The predicted molar refractivity (Wildman–Crippen MR) is 103 cm³/mol. The van der Waals surface area contributed by atoms with E-state index in [2.05, 4.69) is 5.32 Å². The normalized spacial score (nSPS) is 31.9. The number of ether oxygens (including phenoxy) is 1.